The number of hydrogen-bond donors (Lipinski definition) is 1. The first-order valence-electron chi connectivity index (χ1n) is 9.34. The first-order valence-corrected chi connectivity index (χ1v) is 10.1. The molecular weight excluding hydrogens is 395 g/mol. The fraction of sp³-hybridized carbons (Fsp3) is 0.333. The lowest BCUT2D eigenvalue weighted by Gasteiger charge is -2.36. The topological polar surface area (TPSA) is 47.9 Å². The van der Waals surface area contributed by atoms with Gasteiger partial charge in [-0.3, -0.25) is 9.69 Å². The van der Waals surface area contributed by atoms with E-state index < -0.39 is 0 Å². The van der Waals surface area contributed by atoms with Crippen LogP contribution in [0.4, 0.5) is 5.69 Å². The molecule has 28 heavy (non-hydrogen) atoms. The van der Waals surface area contributed by atoms with Crippen LogP contribution in [0.1, 0.15) is 18.9 Å². The van der Waals surface area contributed by atoms with Crippen molar-refractivity contribution in [2.75, 3.05) is 37.6 Å². The molecule has 0 bridgehead atoms. The van der Waals surface area contributed by atoms with E-state index >= 15 is 0 Å². The molecular formula is C21H24Cl2N4O. The SMILES string of the molecule is C/C(=N/NC(=O)CCN1CCN(c2ccccc2)CC1)c1ccc(Cl)cc1Cl. The van der Waals surface area contributed by atoms with Gasteiger partial charge < -0.3 is 4.90 Å². The van der Waals surface area contributed by atoms with Gasteiger partial charge in [-0.15, -0.1) is 0 Å². The Hall–Kier alpha value is -2.08. The van der Waals surface area contributed by atoms with E-state index in [2.05, 4.69) is 44.6 Å². The number of para-hydroxylation sites is 1. The van der Waals surface area contributed by atoms with Crippen LogP contribution in [0.2, 0.25) is 10.0 Å². The number of nitrogens with zero attached hydrogens (tertiary/aromatic N) is 3. The maximum absolute atomic E-state index is 12.1. The van der Waals surface area contributed by atoms with Crippen molar-refractivity contribution >= 4 is 40.5 Å². The molecule has 1 N–H and O–H groups in total. The maximum atomic E-state index is 12.1. The van der Waals surface area contributed by atoms with Crippen LogP contribution in [0, 0.1) is 0 Å². The molecule has 7 heteroatoms. The minimum atomic E-state index is -0.102. The van der Waals surface area contributed by atoms with E-state index in [1.807, 2.05) is 6.07 Å². The number of amides is 1. The standard InChI is InChI=1S/C21H24Cl2N4O/c1-16(19-8-7-17(22)15-20(19)23)24-25-21(28)9-10-26-11-13-27(14-12-26)18-5-3-2-4-6-18/h2-8,15H,9-14H2,1H3,(H,25,28)/b24-16-. The van der Waals surface area contributed by atoms with E-state index in [1.165, 1.54) is 5.69 Å². The number of carbonyl (C=O) groups excluding carboxylic acids is 1. The fourth-order valence-corrected chi connectivity index (χ4v) is 3.72. The highest BCUT2D eigenvalue weighted by Gasteiger charge is 2.17. The molecule has 1 amide bonds. The van der Waals surface area contributed by atoms with E-state index in [1.54, 1.807) is 25.1 Å². The molecule has 0 aromatic heterocycles. The third-order valence-electron chi connectivity index (χ3n) is 4.82. The lowest BCUT2D eigenvalue weighted by Crippen LogP contribution is -2.47. The highest BCUT2D eigenvalue weighted by atomic mass is 35.5. The molecule has 3 rings (SSSR count). The van der Waals surface area contributed by atoms with Crippen molar-refractivity contribution in [3.63, 3.8) is 0 Å². The molecule has 0 atom stereocenters. The number of halogens is 2. The van der Waals surface area contributed by atoms with Crippen LogP contribution < -0.4 is 10.3 Å². The van der Waals surface area contributed by atoms with Gasteiger partial charge in [0.15, 0.2) is 0 Å². The average molecular weight is 419 g/mol. The number of benzene rings is 2. The van der Waals surface area contributed by atoms with Crippen molar-refractivity contribution in [3.8, 4) is 0 Å². The minimum absolute atomic E-state index is 0.102. The quantitative estimate of drug-likeness (QED) is 0.568. The summed E-state index contributed by atoms with van der Waals surface area (Å²) >= 11 is 12.1. The summed E-state index contributed by atoms with van der Waals surface area (Å²) in [5.74, 6) is -0.102. The Morgan fingerprint density at radius 2 is 1.79 bits per heavy atom. The molecule has 1 heterocycles. The van der Waals surface area contributed by atoms with Gasteiger partial charge in [0.1, 0.15) is 0 Å². The largest absolute Gasteiger partial charge is 0.369 e. The van der Waals surface area contributed by atoms with Gasteiger partial charge in [-0.2, -0.15) is 5.10 Å². The maximum Gasteiger partial charge on any atom is 0.241 e. The Morgan fingerprint density at radius 3 is 2.46 bits per heavy atom. The van der Waals surface area contributed by atoms with Crippen LogP contribution in [0.3, 0.4) is 0 Å². The van der Waals surface area contributed by atoms with Crippen molar-refractivity contribution < 1.29 is 4.79 Å². The average Bonchev–Trinajstić information content (AvgIpc) is 2.71. The molecule has 0 spiro atoms. The van der Waals surface area contributed by atoms with E-state index in [-0.39, 0.29) is 5.91 Å². The zero-order valence-corrected chi connectivity index (χ0v) is 17.4. The molecule has 1 aliphatic rings. The number of hydrazone groups is 1. The second-order valence-corrected chi connectivity index (χ2v) is 7.61. The van der Waals surface area contributed by atoms with E-state index in [4.69, 9.17) is 23.2 Å². The smallest absolute Gasteiger partial charge is 0.241 e. The van der Waals surface area contributed by atoms with Gasteiger partial charge in [-0.25, -0.2) is 5.43 Å². The van der Waals surface area contributed by atoms with Crippen LogP contribution in [0.25, 0.3) is 0 Å². The Bertz CT molecular complexity index is 834. The Morgan fingerprint density at radius 1 is 1.07 bits per heavy atom. The first-order chi connectivity index (χ1) is 13.5. The van der Waals surface area contributed by atoms with Gasteiger partial charge in [-0.1, -0.05) is 47.5 Å². The molecule has 0 unspecified atom stereocenters. The normalized spacial score (nSPS) is 15.5. The number of anilines is 1. The zero-order valence-electron chi connectivity index (χ0n) is 15.9. The molecule has 2 aromatic carbocycles. The summed E-state index contributed by atoms with van der Waals surface area (Å²) in [7, 11) is 0. The van der Waals surface area contributed by atoms with Crippen LogP contribution in [-0.4, -0.2) is 49.2 Å². The predicted octanol–water partition coefficient (Wildman–Crippen LogP) is 4.05. The lowest BCUT2D eigenvalue weighted by atomic mass is 10.1. The lowest BCUT2D eigenvalue weighted by molar-refractivity contribution is -0.121. The van der Waals surface area contributed by atoms with Gasteiger partial charge in [0, 0.05) is 55.4 Å². The summed E-state index contributed by atoms with van der Waals surface area (Å²) < 4.78 is 0. The summed E-state index contributed by atoms with van der Waals surface area (Å²) in [6.45, 7) is 6.37. The number of nitrogens with one attached hydrogen (secondary N) is 1. The molecule has 0 aliphatic carbocycles. The van der Waals surface area contributed by atoms with Gasteiger partial charge in [0.2, 0.25) is 5.91 Å². The summed E-state index contributed by atoms with van der Waals surface area (Å²) in [4.78, 5) is 16.8. The van der Waals surface area contributed by atoms with E-state index in [0.29, 0.717) is 22.2 Å². The number of rotatable bonds is 6. The second kappa shape index (κ2) is 9.92. The Balaban J connectivity index is 1.42. The molecule has 1 aliphatic heterocycles. The predicted molar refractivity (Wildman–Crippen MR) is 117 cm³/mol. The van der Waals surface area contributed by atoms with Crippen molar-refractivity contribution in [3.05, 3.63) is 64.1 Å². The number of hydrogen-bond acceptors (Lipinski definition) is 4. The van der Waals surface area contributed by atoms with Gasteiger partial charge in [0.05, 0.1) is 10.7 Å². The van der Waals surface area contributed by atoms with E-state index in [0.717, 1.165) is 38.3 Å². The number of piperazine rings is 1. The third kappa shape index (κ3) is 5.71. The molecule has 0 radical (unpaired) electrons. The van der Waals surface area contributed by atoms with Gasteiger partial charge in [-0.05, 0) is 31.2 Å². The molecule has 148 valence electrons. The van der Waals surface area contributed by atoms with Crippen LogP contribution in [0.5, 0.6) is 0 Å². The van der Waals surface area contributed by atoms with Crippen molar-refractivity contribution in [2.45, 2.75) is 13.3 Å². The monoisotopic (exact) mass is 418 g/mol. The molecule has 2 aromatic rings. The molecule has 1 saturated heterocycles. The van der Waals surface area contributed by atoms with Crippen LogP contribution in [0.15, 0.2) is 53.6 Å². The third-order valence-corrected chi connectivity index (χ3v) is 5.37. The Kier molecular flexibility index (Phi) is 7.31. The highest BCUT2D eigenvalue weighted by Crippen LogP contribution is 2.21. The molecule has 1 fully saturated rings. The first kappa shape index (κ1) is 20.6. The summed E-state index contributed by atoms with van der Waals surface area (Å²) in [6.07, 6.45) is 0.413. The van der Waals surface area contributed by atoms with Gasteiger partial charge >= 0.3 is 0 Å². The summed E-state index contributed by atoms with van der Waals surface area (Å²) in [5.41, 5.74) is 5.27. The minimum Gasteiger partial charge on any atom is -0.369 e. The summed E-state index contributed by atoms with van der Waals surface area (Å²) in [6, 6.07) is 15.6. The molecule has 0 saturated carbocycles. The van der Waals surface area contributed by atoms with Crippen molar-refractivity contribution in [1.82, 2.24) is 10.3 Å². The van der Waals surface area contributed by atoms with Crippen molar-refractivity contribution in [2.24, 2.45) is 5.10 Å². The van der Waals surface area contributed by atoms with Crippen LogP contribution >= 0.6 is 23.2 Å². The second-order valence-electron chi connectivity index (χ2n) is 6.77. The summed E-state index contributed by atoms with van der Waals surface area (Å²) in [5, 5.41) is 5.24. The zero-order chi connectivity index (χ0) is 19.9. The Labute approximate surface area is 175 Å². The van der Waals surface area contributed by atoms with Crippen LogP contribution in [-0.2, 0) is 4.79 Å². The van der Waals surface area contributed by atoms with Gasteiger partial charge in [0.25, 0.3) is 0 Å². The van der Waals surface area contributed by atoms with Crippen molar-refractivity contribution in [1.29, 1.82) is 0 Å². The fourth-order valence-electron chi connectivity index (χ4n) is 3.17. The highest BCUT2D eigenvalue weighted by molar-refractivity contribution is 6.37. The van der Waals surface area contributed by atoms with E-state index in [9.17, 15) is 4.79 Å². The molecule has 5 nitrogen and oxygen atoms in total. The number of carbonyl (C=O) groups is 1.